The van der Waals surface area contributed by atoms with Crippen molar-refractivity contribution in [1.82, 2.24) is 5.32 Å². The van der Waals surface area contributed by atoms with Gasteiger partial charge in [-0.15, -0.1) is 5.73 Å². The number of hydrogen-bond donors (Lipinski definition) is 1. The fraction of sp³-hybridized carbons (Fsp3) is 0.538. The van der Waals surface area contributed by atoms with E-state index in [0.717, 1.165) is 62.8 Å². The molecule has 154 valence electrons. The molecule has 1 N–H and O–H groups in total. The second-order valence-electron chi connectivity index (χ2n) is 9.00. The first-order valence-corrected chi connectivity index (χ1v) is 11.3. The zero-order valence-corrected chi connectivity index (χ0v) is 17.8. The lowest BCUT2D eigenvalue weighted by Gasteiger charge is -2.29. The molecule has 1 saturated carbocycles. The van der Waals surface area contributed by atoms with Crippen LogP contribution in [0.2, 0.25) is 0 Å². The van der Waals surface area contributed by atoms with Crippen LogP contribution in [-0.4, -0.2) is 19.0 Å². The number of amidine groups is 1. The third-order valence-corrected chi connectivity index (χ3v) is 6.53. The summed E-state index contributed by atoms with van der Waals surface area (Å²) in [5, 5.41) is 3.59. The zero-order chi connectivity index (χ0) is 20.1. The van der Waals surface area contributed by atoms with Crippen molar-refractivity contribution in [2.75, 3.05) is 13.2 Å². The van der Waals surface area contributed by atoms with Gasteiger partial charge in [-0.3, -0.25) is 0 Å². The first-order valence-electron chi connectivity index (χ1n) is 11.3. The van der Waals surface area contributed by atoms with E-state index in [4.69, 9.17) is 4.74 Å². The van der Waals surface area contributed by atoms with Gasteiger partial charge in [-0.05, 0) is 74.8 Å². The van der Waals surface area contributed by atoms with Gasteiger partial charge in [0.2, 0.25) is 0 Å². The molecule has 1 saturated heterocycles. The molecule has 0 spiro atoms. The van der Waals surface area contributed by atoms with Crippen LogP contribution in [0.3, 0.4) is 0 Å². The van der Waals surface area contributed by atoms with Crippen LogP contribution < -0.4 is 5.32 Å². The summed E-state index contributed by atoms with van der Waals surface area (Å²) < 4.78 is 5.59. The number of allylic oxidation sites excluding steroid dienone is 2. The van der Waals surface area contributed by atoms with Crippen molar-refractivity contribution in [3.63, 3.8) is 0 Å². The molecule has 0 amide bonds. The van der Waals surface area contributed by atoms with Crippen LogP contribution >= 0.6 is 0 Å². The molecule has 0 aromatic heterocycles. The molecule has 0 radical (unpaired) electrons. The molecule has 3 heteroatoms. The van der Waals surface area contributed by atoms with Gasteiger partial charge in [-0.1, -0.05) is 36.4 Å². The summed E-state index contributed by atoms with van der Waals surface area (Å²) in [5.41, 5.74) is 8.46. The first-order chi connectivity index (χ1) is 14.2. The Morgan fingerprint density at radius 2 is 1.90 bits per heavy atom. The summed E-state index contributed by atoms with van der Waals surface area (Å²) in [6.45, 7) is 7.94. The fourth-order valence-electron chi connectivity index (χ4n) is 4.41. The second kappa shape index (κ2) is 9.61. The summed E-state index contributed by atoms with van der Waals surface area (Å²) in [5.74, 6) is 2.91. The standard InChI is InChI=1S/C26H34N2O/c1-3-25(28-26-11-4-19(2)18-27-26)24(17-22-12-14-29-15-13-22)23-9-7-21(8-10-23)16-20-5-6-20/h7-10,18,20,22,24H,1,4-6,11-17H2,2H3,(H,27,28)/t24-/m1/s1. The number of rotatable bonds is 7. The number of ether oxygens (including phenoxy) is 1. The molecule has 4 rings (SSSR count). The third-order valence-electron chi connectivity index (χ3n) is 6.53. The van der Waals surface area contributed by atoms with E-state index >= 15 is 0 Å². The van der Waals surface area contributed by atoms with Crippen molar-refractivity contribution >= 4 is 5.84 Å². The lowest BCUT2D eigenvalue weighted by atomic mass is 9.83. The largest absolute Gasteiger partial charge is 0.381 e. The molecule has 2 heterocycles. The maximum Gasteiger partial charge on any atom is 0.106 e. The molecule has 2 aliphatic heterocycles. The van der Waals surface area contributed by atoms with Crippen molar-refractivity contribution in [3.8, 4) is 0 Å². The fourth-order valence-corrected chi connectivity index (χ4v) is 4.41. The Labute approximate surface area is 175 Å². The Balaban J connectivity index is 1.53. The highest BCUT2D eigenvalue weighted by Gasteiger charge is 2.25. The van der Waals surface area contributed by atoms with Gasteiger partial charge in [0.15, 0.2) is 0 Å². The molecular formula is C26H34N2O. The maximum atomic E-state index is 5.59. The summed E-state index contributed by atoms with van der Waals surface area (Å²) in [6, 6.07) is 9.31. The minimum absolute atomic E-state index is 0.278. The molecule has 0 bridgehead atoms. The van der Waals surface area contributed by atoms with Gasteiger partial charge in [0.25, 0.3) is 0 Å². The molecule has 1 aliphatic carbocycles. The predicted octanol–water partition coefficient (Wildman–Crippen LogP) is 5.89. The number of nitrogens with zero attached hydrogens (tertiary/aromatic N) is 1. The van der Waals surface area contributed by atoms with Gasteiger partial charge in [-0.2, -0.15) is 0 Å². The number of aliphatic imine (C=N–C) groups is 1. The summed E-state index contributed by atoms with van der Waals surface area (Å²) in [7, 11) is 0. The normalized spacial score (nSPS) is 21.0. The van der Waals surface area contributed by atoms with E-state index < -0.39 is 0 Å². The van der Waals surface area contributed by atoms with Gasteiger partial charge in [0.05, 0.1) is 5.70 Å². The highest BCUT2D eigenvalue weighted by molar-refractivity contribution is 5.85. The van der Waals surface area contributed by atoms with Crippen LogP contribution in [0.1, 0.15) is 68.9 Å². The molecule has 1 aromatic rings. The summed E-state index contributed by atoms with van der Waals surface area (Å²) in [6.07, 6.45) is 11.4. The zero-order valence-electron chi connectivity index (χ0n) is 17.8. The Morgan fingerprint density at radius 1 is 1.14 bits per heavy atom. The quantitative estimate of drug-likeness (QED) is 0.589. The number of benzene rings is 1. The molecule has 29 heavy (non-hydrogen) atoms. The van der Waals surface area contributed by atoms with E-state index in [1.807, 2.05) is 6.20 Å². The smallest absolute Gasteiger partial charge is 0.106 e. The minimum Gasteiger partial charge on any atom is -0.381 e. The Bertz CT molecular complexity index is 804. The van der Waals surface area contributed by atoms with Crippen molar-refractivity contribution in [2.45, 2.75) is 64.2 Å². The predicted molar refractivity (Wildman–Crippen MR) is 120 cm³/mol. The van der Waals surface area contributed by atoms with E-state index in [9.17, 15) is 0 Å². The average molecular weight is 391 g/mol. The molecule has 1 atom stereocenters. The SMILES string of the molecule is C=C=C(NC1=NC=C(C)CC1)[C@H](CC1CCOCC1)c1ccc(CC2CC2)cc1. The van der Waals surface area contributed by atoms with Crippen molar-refractivity contribution in [1.29, 1.82) is 0 Å². The van der Waals surface area contributed by atoms with E-state index in [-0.39, 0.29) is 5.92 Å². The number of hydrogen-bond acceptors (Lipinski definition) is 3. The van der Waals surface area contributed by atoms with Crippen LogP contribution in [0, 0.1) is 11.8 Å². The van der Waals surface area contributed by atoms with E-state index in [2.05, 4.69) is 53.8 Å². The summed E-state index contributed by atoms with van der Waals surface area (Å²) in [4.78, 5) is 4.61. The van der Waals surface area contributed by atoms with Crippen LogP contribution in [-0.2, 0) is 11.2 Å². The van der Waals surface area contributed by atoms with Gasteiger partial charge >= 0.3 is 0 Å². The van der Waals surface area contributed by atoms with Crippen LogP contribution in [0.25, 0.3) is 0 Å². The molecule has 1 aromatic carbocycles. The van der Waals surface area contributed by atoms with Crippen LogP contribution in [0.15, 0.2) is 59.0 Å². The molecule has 0 unspecified atom stereocenters. The Morgan fingerprint density at radius 3 is 2.52 bits per heavy atom. The van der Waals surface area contributed by atoms with E-state index in [1.165, 1.54) is 36.0 Å². The van der Waals surface area contributed by atoms with Gasteiger partial charge in [-0.25, -0.2) is 4.99 Å². The highest BCUT2D eigenvalue weighted by atomic mass is 16.5. The van der Waals surface area contributed by atoms with E-state index in [1.54, 1.807) is 0 Å². The van der Waals surface area contributed by atoms with Crippen LogP contribution in [0.5, 0.6) is 0 Å². The van der Waals surface area contributed by atoms with Crippen molar-refractivity contribution < 1.29 is 4.74 Å². The highest BCUT2D eigenvalue weighted by Crippen LogP contribution is 2.35. The van der Waals surface area contributed by atoms with Gasteiger partial charge in [0.1, 0.15) is 5.84 Å². The lowest BCUT2D eigenvalue weighted by Crippen LogP contribution is -2.28. The van der Waals surface area contributed by atoms with Crippen LogP contribution in [0.4, 0.5) is 0 Å². The molecule has 3 nitrogen and oxygen atoms in total. The average Bonchev–Trinajstić information content (AvgIpc) is 3.57. The third kappa shape index (κ3) is 5.72. The first kappa shape index (κ1) is 20.2. The van der Waals surface area contributed by atoms with Crippen molar-refractivity contribution in [3.05, 3.63) is 65.2 Å². The molecule has 3 aliphatic rings. The second-order valence-corrected chi connectivity index (χ2v) is 9.00. The maximum absolute atomic E-state index is 5.59. The van der Waals surface area contributed by atoms with Crippen molar-refractivity contribution in [2.24, 2.45) is 16.8 Å². The lowest BCUT2D eigenvalue weighted by molar-refractivity contribution is 0.0625. The Kier molecular flexibility index (Phi) is 6.69. The topological polar surface area (TPSA) is 33.6 Å². The summed E-state index contributed by atoms with van der Waals surface area (Å²) >= 11 is 0. The van der Waals surface area contributed by atoms with E-state index in [0.29, 0.717) is 5.92 Å². The Hall–Kier alpha value is -2.09. The molecular weight excluding hydrogens is 356 g/mol. The monoisotopic (exact) mass is 390 g/mol. The van der Waals surface area contributed by atoms with Gasteiger partial charge in [0, 0.05) is 31.8 Å². The molecule has 2 fully saturated rings. The minimum atomic E-state index is 0.278. The number of nitrogens with one attached hydrogen (secondary N) is 1. The van der Waals surface area contributed by atoms with Gasteiger partial charge < -0.3 is 10.1 Å².